The van der Waals surface area contributed by atoms with Gasteiger partial charge in [-0.2, -0.15) is 0 Å². The van der Waals surface area contributed by atoms with E-state index in [-0.39, 0.29) is 0 Å². The maximum atomic E-state index is 10.3. The van der Waals surface area contributed by atoms with Gasteiger partial charge in [0.1, 0.15) is 0 Å². The maximum Gasteiger partial charge on any atom is 0.160 e. The lowest BCUT2D eigenvalue weighted by molar-refractivity contribution is -0.131. The maximum absolute atomic E-state index is 10.3. The summed E-state index contributed by atoms with van der Waals surface area (Å²) in [7, 11) is 1.64. The van der Waals surface area contributed by atoms with Crippen molar-refractivity contribution in [2.24, 2.45) is 28.1 Å². The smallest absolute Gasteiger partial charge is 0.160 e. The monoisotopic (exact) mass is 342 g/mol. The number of aromatic hydroxyl groups is 1. The molecule has 3 aliphatic carbocycles. The summed E-state index contributed by atoms with van der Waals surface area (Å²) in [5.74, 6) is 2.48. The van der Waals surface area contributed by atoms with Crippen LogP contribution in [0.2, 0.25) is 0 Å². The second-order valence-corrected chi connectivity index (χ2v) is 10.3. The molecule has 1 aromatic rings. The van der Waals surface area contributed by atoms with E-state index in [1.165, 1.54) is 43.2 Å². The van der Waals surface area contributed by atoms with Crippen LogP contribution in [0.3, 0.4) is 0 Å². The second kappa shape index (κ2) is 5.41. The molecule has 0 aliphatic heterocycles. The molecule has 0 heterocycles. The second-order valence-electron chi connectivity index (χ2n) is 10.3. The molecule has 0 spiro atoms. The first-order valence-corrected chi connectivity index (χ1v) is 10.1. The summed E-state index contributed by atoms with van der Waals surface area (Å²) in [5, 5.41) is 10.3. The van der Waals surface area contributed by atoms with Gasteiger partial charge in [0, 0.05) is 0 Å². The number of hydrogen-bond donors (Lipinski definition) is 1. The zero-order valence-corrected chi connectivity index (χ0v) is 16.6. The van der Waals surface area contributed by atoms with Gasteiger partial charge in [-0.3, -0.25) is 0 Å². The van der Waals surface area contributed by atoms with Gasteiger partial charge in [0.05, 0.1) is 7.11 Å². The van der Waals surface area contributed by atoms with Crippen LogP contribution in [0.5, 0.6) is 11.5 Å². The summed E-state index contributed by atoms with van der Waals surface area (Å²) in [6.07, 6.45) is 9.08. The number of rotatable bonds is 1. The Morgan fingerprint density at radius 2 is 1.76 bits per heavy atom. The van der Waals surface area contributed by atoms with Crippen molar-refractivity contribution in [3.8, 4) is 11.5 Å². The molecule has 0 saturated heterocycles. The molecule has 25 heavy (non-hydrogen) atoms. The van der Waals surface area contributed by atoms with Gasteiger partial charge in [0.15, 0.2) is 11.5 Å². The van der Waals surface area contributed by atoms with Gasteiger partial charge < -0.3 is 9.84 Å². The fraction of sp³-hybridized carbons (Fsp3) is 0.739. The van der Waals surface area contributed by atoms with Crippen molar-refractivity contribution in [1.29, 1.82) is 0 Å². The minimum absolute atomic E-state index is 0.298. The van der Waals surface area contributed by atoms with Crippen molar-refractivity contribution in [2.45, 2.75) is 72.6 Å². The van der Waals surface area contributed by atoms with Crippen molar-refractivity contribution < 1.29 is 9.84 Å². The van der Waals surface area contributed by atoms with Crippen LogP contribution in [0.15, 0.2) is 12.1 Å². The molecule has 0 amide bonds. The Hall–Kier alpha value is -1.18. The molecular formula is C23H34O2. The van der Waals surface area contributed by atoms with Gasteiger partial charge in [-0.1, -0.05) is 34.1 Å². The van der Waals surface area contributed by atoms with Gasteiger partial charge in [-0.05, 0) is 89.9 Å². The third-order valence-corrected chi connectivity index (χ3v) is 8.44. The summed E-state index contributed by atoms with van der Waals surface area (Å²) in [5.41, 5.74) is 4.03. The van der Waals surface area contributed by atoms with E-state index in [1.807, 2.05) is 6.07 Å². The number of benzene rings is 1. The molecule has 1 N–H and O–H groups in total. The van der Waals surface area contributed by atoms with Crippen LogP contribution in [0, 0.1) is 28.1 Å². The predicted molar refractivity (Wildman–Crippen MR) is 102 cm³/mol. The Kier molecular flexibility index (Phi) is 3.73. The van der Waals surface area contributed by atoms with Crippen LogP contribution >= 0.6 is 0 Å². The summed E-state index contributed by atoms with van der Waals surface area (Å²) in [6, 6.07) is 4.07. The molecular weight excluding hydrogens is 308 g/mol. The third kappa shape index (κ3) is 2.43. The van der Waals surface area contributed by atoms with E-state index in [2.05, 4.69) is 33.8 Å². The van der Waals surface area contributed by atoms with Gasteiger partial charge in [0.2, 0.25) is 0 Å². The van der Waals surface area contributed by atoms with Crippen LogP contribution in [0.1, 0.15) is 70.9 Å². The van der Waals surface area contributed by atoms with E-state index in [9.17, 15) is 5.11 Å². The minimum atomic E-state index is 0.298. The SMILES string of the molecule is COc1cc2c(cc1O)C[C@H]1[C@@](C)(CC[C@H]3C(C)(C)CCC[C@@]31C)C2. The Balaban J connectivity index is 1.77. The molecule has 1 aromatic carbocycles. The lowest BCUT2D eigenvalue weighted by Crippen LogP contribution is -2.57. The highest BCUT2D eigenvalue weighted by atomic mass is 16.5. The van der Waals surface area contributed by atoms with E-state index in [0.717, 1.165) is 24.7 Å². The number of phenolic OH excluding ortho intramolecular Hbond substituents is 1. The predicted octanol–water partition coefficient (Wildman–Crippen LogP) is 5.75. The molecule has 4 rings (SSSR count). The van der Waals surface area contributed by atoms with Crippen molar-refractivity contribution in [1.82, 2.24) is 0 Å². The Labute approximate surface area is 153 Å². The molecule has 0 unspecified atom stereocenters. The van der Waals surface area contributed by atoms with E-state index < -0.39 is 0 Å². The highest BCUT2D eigenvalue weighted by molar-refractivity contribution is 5.48. The van der Waals surface area contributed by atoms with E-state index in [0.29, 0.717) is 27.7 Å². The van der Waals surface area contributed by atoms with Gasteiger partial charge >= 0.3 is 0 Å². The Morgan fingerprint density at radius 1 is 1.00 bits per heavy atom. The number of fused-ring (bicyclic) bond motifs is 4. The molecule has 2 fully saturated rings. The third-order valence-electron chi connectivity index (χ3n) is 8.44. The molecule has 2 saturated carbocycles. The first-order chi connectivity index (χ1) is 11.7. The normalized spacial score (nSPS) is 39.1. The van der Waals surface area contributed by atoms with Gasteiger partial charge in [-0.15, -0.1) is 0 Å². The molecule has 0 bridgehead atoms. The quantitative estimate of drug-likeness (QED) is 0.704. The summed E-state index contributed by atoms with van der Waals surface area (Å²) >= 11 is 0. The molecule has 0 aromatic heterocycles. The molecule has 0 radical (unpaired) electrons. The lowest BCUT2D eigenvalue weighted by atomic mass is 9.41. The average molecular weight is 343 g/mol. The first-order valence-electron chi connectivity index (χ1n) is 10.1. The van der Waals surface area contributed by atoms with Crippen LogP contribution in [0.4, 0.5) is 0 Å². The first kappa shape index (κ1) is 17.2. The summed E-state index contributed by atoms with van der Waals surface area (Å²) < 4.78 is 5.36. The van der Waals surface area contributed by atoms with Crippen molar-refractivity contribution in [2.75, 3.05) is 7.11 Å². The molecule has 2 nitrogen and oxygen atoms in total. The number of hydrogen-bond acceptors (Lipinski definition) is 2. The largest absolute Gasteiger partial charge is 0.504 e. The fourth-order valence-electron chi connectivity index (χ4n) is 7.27. The van der Waals surface area contributed by atoms with Crippen LogP contribution < -0.4 is 4.74 Å². The van der Waals surface area contributed by atoms with E-state index >= 15 is 0 Å². The van der Waals surface area contributed by atoms with Gasteiger partial charge in [0.25, 0.3) is 0 Å². The highest BCUT2D eigenvalue weighted by Gasteiger charge is 2.59. The number of methoxy groups -OCH3 is 1. The van der Waals surface area contributed by atoms with Crippen LogP contribution in [-0.2, 0) is 12.8 Å². The molecule has 3 aliphatic rings. The number of phenols is 1. The highest BCUT2D eigenvalue weighted by Crippen LogP contribution is 2.66. The van der Waals surface area contributed by atoms with Gasteiger partial charge in [-0.25, -0.2) is 0 Å². The molecule has 138 valence electrons. The Morgan fingerprint density at radius 3 is 2.48 bits per heavy atom. The lowest BCUT2D eigenvalue weighted by Gasteiger charge is -2.64. The standard InChI is InChI=1S/C23H34O2/c1-21(2)8-6-9-23(4)19(21)7-10-22(3)14-16-12-18(25-5)17(24)11-15(16)13-20(22)23/h11-12,19-20,24H,6-10,13-14H2,1-5H3/t19-,20-,22-,23-/m0/s1. The van der Waals surface area contributed by atoms with Crippen molar-refractivity contribution in [3.05, 3.63) is 23.3 Å². The molecule has 4 atom stereocenters. The minimum Gasteiger partial charge on any atom is -0.504 e. The molecule has 2 heteroatoms. The number of ether oxygens (including phenoxy) is 1. The zero-order chi connectivity index (χ0) is 18.0. The fourth-order valence-corrected chi connectivity index (χ4v) is 7.27. The zero-order valence-electron chi connectivity index (χ0n) is 16.6. The average Bonchev–Trinajstić information content (AvgIpc) is 2.52. The Bertz CT molecular complexity index is 692. The topological polar surface area (TPSA) is 29.5 Å². The van der Waals surface area contributed by atoms with E-state index in [1.54, 1.807) is 7.11 Å². The van der Waals surface area contributed by atoms with Crippen molar-refractivity contribution in [3.63, 3.8) is 0 Å². The van der Waals surface area contributed by atoms with Crippen LogP contribution in [0.25, 0.3) is 0 Å². The van der Waals surface area contributed by atoms with E-state index in [4.69, 9.17) is 4.74 Å². The van der Waals surface area contributed by atoms with Crippen molar-refractivity contribution >= 4 is 0 Å². The summed E-state index contributed by atoms with van der Waals surface area (Å²) in [6.45, 7) is 10.1. The summed E-state index contributed by atoms with van der Waals surface area (Å²) in [4.78, 5) is 0. The van der Waals surface area contributed by atoms with Crippen LogP contribution in [-0.4, -0.2) is 12.2 Å².